The highest BCUT2D eigenvalue weighted by Gasteiger charge is 2.12. The number of anilines is 4. The zero-order valence-electron chi connectivity index (χ0n) is 16.2. The Hall–Kier alpha value is -3.04. The third-order valence-electron chi connectivity index (χ3n) is 3.85. The van der Waals surface area contributed by atoms with Crippen molar-refractivity contribution in [3.8, 4) is 0 Å². The number of hydrogen-bond donors (Lipinski definition) is 2. The Kier molecular flexibility index (Phi) is 5.68. The summed E-state index contributed by atoms with van der Waals surface area (Å²) in [6, 6.07) is 16.1. The summed E-state index contributed by atoms with van der Waals surface area (Å²) in [7, 11) is 0. The van der Waals surface area contributed by atoms with Gasteiger partial charge in [-0.2, -0.15) is 15.0 Å². The van der Waals surface area contributed by atoms with Crippen LogP contribution in [0.5, 0.6) is 0 Å². The summed E-state index contributed by atoms with van der Waals surface area (Å²) in [4.78, 5) is 13.6. The average Bonchev–Trinajstić information content (AvgIpc) is 3.06. The van der Waals surface area contributed by atoms with Crippen LogP contribution in [0.2, 0.25) is 0 Å². The molecule has 4 aromatic rings. The zero-order chi connectivity index (χ0) is 20.2. The van der Waals surface area contributed by atoms with E-state index >= 15 is 0 Å². The molecule has 9 heteroatoms. The number of rotatable bonds is 6. The molecule has 0 aliphatic rings. The first-order chi connectivity index (χ1) is 14.0. The Morgan fingerprint density at radius 2 is 1.34 bits per heavy atom. The fraction of sp³-hybridized carbons (Fsp3) is 0.150. The molecule has 7 nitrogen and oxygen atoms in total. The van der Waals surface area contributed by atoms with Crippen LogP contribution in [0.15, 0.2) is 58.0 Å². The number of nitrogens with zero attached hydrogens (tertiary/aromatic N) is 5. The van der Waals surface area contributed by atoms with Crippen molar-refractivity contribution in [2.75, 3.05) is 10.6 Å². The molecule has 146 valence electrons. The lowest BCUT2D eigenvalue weighted by Gasteiger charge is -2.10. The fourth-order valence-electron chi connectivity index (χ4n) is 2.62. The molecule has 2 heterocycles. The van der Waals surface area contributed by atoms with Crippen LogP contribution in [0.4, 0.5) is 23.3 Å². The summed E-state index contributed by atoms with van der Waals surface area (Å²) in [5.74, 6) is 0.925. The highest BCUT2D eigenvalue weighted by molar-refractivity contribution is 8.00. The Morgan fingerprint density at radius 3 is 1.83 bits per heavy atom. The summed E-state index contributed by atoms with van der Waals surface area (Å²) in [5, 5.41) is 16.2. The molecular weight excluding hydrogens is 402 g/mol. The molecule has 0 unspecified atom stereocenters. The van der Waals surface area contributed by atoms with E-state index in [1.54, 1.807) is 0 Å². The van der Waals surface area contributed by atoms with Crippen LogP contribution in [-0.4, -0.2) is 25.1 Å². The minimum absolute atomic E-state index is 0.462. The lowest BCUT2D eigenvalue weighted by Crippen LogP contribution is -2.05. The first-order valence-electron chi connectivity index (χ1n) is 8.95. The van der Waals surface area contributed by atoms with Crippen molar-refractivity contribution in [3.05, 3.63) is 64.7 Å². The molecule has 0 saturated heterocycles. The number of aryl methyl sites for hydroxylation is 3. The van der Waals surface area contributed by atoms with E-state index in [0.717, 1.165) is 31.8 Å². The van der Waals surface area contributed by atoms with E-state index in [1.807, 2.05) is 69.3 Å². The van der Waals surface area contributed by atoms with Gasteiger partial charge in [0.25, 0.3) is 0 Å². The molecule has 0 radical (unpaired) electrons. The molecule has 0 fully saturated rings. The quantitative estimate of drug-likeness (QED) is 0.434. The standard InChI is InChI=1S/C20H19N7S2/c1-12-6-4-8-15(10-12)21-17-23-18(22-16-9-5-7-13(2)11-16)25-19(24-17)29-20-27-26-14(3)28-20/h4-11H,1-3H3,(H2,21,22,23,24,25). The van der Waals surface area contributed by atoms with Gasteiger partial charge in [0.05, 0.1) is 0 Å². The van der Waals surface area contributed by atoms with Crippen LogP contribution in [-0.2, 0) is 0 Å². The molecule has 0 spiro atoms. The molecule has 0 aliphatic carbocycles. The summed E-state index contributed by atoms with van der Waals surface area (Å²) < 4.78 is 0.789. The smallest absolute Gasteiger partial charge is 0.233 e. The molecular formula is C20H19N7S2. The Morgan fingerprint density at radius 1 is 0.759 bits per heavy atom. The van der Waals surface area contributed by atoms with Crippen molar-refractivity contribution in [1.29, 1.82) is 0 Å². The maximum absolute atomic E-state index is 4.55. The van der Waals surface area contributed by atoms with Crippen molar-refractivity contribution in [1.82, 2.24) is 25.1 Å². The largest absolute Gasteiger partial charge is 0.324 e. The molecule has 0 atom stereocenters. The van der Waals surface area contributed by atoms with E-state index in [0.29, 0.717) is 17.1 Å². The predicted octanol–water partition coefficient (Wildman–Crippen LogP) is 5.29. The van der Waals surface area contributed by atoms with E-state index < -0.39 is 0 Å². The van der Waals surface area contributed by atoms with Gasteiger partial charge in [0.1, 0.15) is 5.01 Å². The second-order valence-corrected chi connectivity index (χ2v) is 8.84. The van der Waals surface area contributed by atoms with Gasteiger partial charge in [-0.25, -0.2) is 0 Å². The number of aromatic nitrogens is 5. The first-order valence-corrected chi connectivity index (χ1v) is 10.6. The van der Waals surface area contributed by atoms with Crippen LogP contribution in [0.3, 0.4) is 0 Å². The second kappa shape index (κ2) is 8.54. The molecule has 2 aromatic carbocycles. The van der Waals surface area contributed by atoms with E-state index in [2.05, 4.69) is 35.8 Å². The van der Waals surface area contributed by atoms with Crippen molar-refractivity contribution in [2.24, 2.45) is 0 Å². The van der Waals surface area contributed by atoms with Crippen LogP contribution < -0.4 is 10.6 Å². The lowest BCUT2D eigenvalue weighted by molar-refractivity contribution is 0.913. The van der Waals surface area contributed by atoms with E-state index in [-0.39, 0.29) is 0 Å². The molecule has 2 aromatic heterocycles. The minimum atomic E-state index is 0.462. The van der Waals surface area contributed by atoms with Crippen LogP contribution in [0.1, 0.15) is 16.1 Å². The first kappa shape index (κ1) is 19.3. The Bertz CT molecular complexity index is 1080. The second-order valence-electron chi connectivity index (χ2n) is 6.44. The highest BCUT2D eigenvalue weighted by atomic mass is 32.2. The fourth-order valence-corrected chi connectivity index (χ4v) is 4.29. The number of benzene rings is 2. The topological polar surface area (TPSA) is 88.5 Å². The molecule has 0 saturated carbocycles. The molecule has 2 N–H and O–H groups in total. The summed E-state index contributed by atoms with van der Waals surface area (Å²) in [6.07, 6.45) is 0. The van der Waals surface area contributed by atoms with Gasteiger partial charge < -0.3 is 10.6 Å². The average molecular weight is 422 g/mol. The van der Waals surface area contributed by atoms with Gasteiger partial charge in [-0.15, -0.1) is 10.2 Å². The van der Waals surface area contributed by atoms with Gasteiger partial charge in [-0.05, 0) is 67.9 Å². The molecule has 0 amide bonds. The SMILES string of the molecule is Cc1cccc(Nc2nc(Nc3cccc(C)c3)nc(Sc3nnc(C)s3)n2)c1. The third kappa shape index (κ3) is 5.27. The molecule has 0 aliphatic heterocycles. The van der Waals surface area contributed by atoms with Crippen molar-refractivity contribution in [3.63, 3.8) is 0 Å². The maximum atomic E-state index is 4.55. The van der Waals surface area contributed by atoms with Crippen molar-refractivity contribution < 1.29 is 0 Å². The lowest BCUT2D eigenvalue weighted by atomic mass is 10.2. The summed E-state index contributed by atoms with van der Waals surface area (Å²) >= 11 is 2.87. The van der Waals surface area contributed by atoms with E-state index in [9.17, 15) is 0 Å². The van der Waals surface area contributed by atoms with Gasteiger partial charge in [-0.3, -0.25) is 0 Å². The van der Waals surface area contributed by atoms with Crippen LogP contribution >= 0.6 is 23.1 Å². The van der Waals surface area contributed by atoms with Gasteiger partial charge in [0.15, 0.2) is 4.34 Å². The Labute approximate surface area is 177 Å². The van der Waals surface area contributed by atoms with Gasteiger partial charge in [0.2, 0.25) is 17.1 Å². The zero-order valence-corrected chi connectivity index (χ0v) is 17.8. The van der Waals surface area contributed by atoms with Gasteiger partial charge >= 0.3 is 0 Å². The van der Waals surface area contributed by atoms with E-state index in [1.165, 1.54) is 23.1 Å². The highest BCUT2D eigenvalue weighted by Crippen LogP contribution is 2.29. The van der Waals surface area contributed by atoms with Crippen LogP contribution in [0, 0.1) is 20.8 Å². The predicted molar refractivity (Wildman–Crippen MR) is 118 cm³/mol. The summed E-state index contributed by atoms with van der Waals surface area (Å²) in [6.45, 7) is 6.01. The maximum Gasteiger partial charge on any atom is 0.233 e. The summed E-state index contributed by atoms with van der Waals surface area (Å²) in [5.41, 5.74) is 4.14. The molecule has 4 rings (SSSR count). The minimum Gasteiger partial charge on any atom is -0.324 e. The van der Waals surface area contributed by atoms with Gasteiger partial charge in [-0.1, -0.05) is 35.6 Å². The van der Waals surface area contributed by atoms with Crippen molar-refractivity contribution >= 4 is 46.4 Å². The molecule has 29 heavy (non-hydrogen) atoms. The van der Waals surface area contributed by atoms with E-state index in [4.69, 9.17) is 0 Å². The number of nitrogens with one attached hydrogen (secondary N) is 2. The van der Waals surface area contributed by atoms with Crippen LogP contribution in [0.25, 0.3) is 0 Å². The molecule has 0 bridgehead atoms. The normalized spacial score (nSPS) is 10.7. The third-order valence-corrected chi connectivity index (χ3v) is 5.60. The van der Waals surface area contributed by atoms with Crippen molar-refractivity contribution in [2.45, 2.75) is 30.3 Å². The Balaban J connectivity index is 1.66. The number of hydrogen-bond acceptors (Lipinski definition) is 9. The monoisotopic (exact) mass is 421 g/mol. The van der Waals surface area contributed by atoms with Gasteiger partial charge in [0, 0.05) is 11.4 Å².